The average Bonchev–Trinajstić information content (AvgIpc) is 2.78. The molecule has 0 atom stereocenters. The van der Waals surface area contributed by atoms with Crippen LogP contribution in [0.15, 0.2) is 0 Å². The van der Waals surface area contributed by atoms with Crippen LogP contribution in [0.2, 0.25) is 0 Å². The van der Waals surface area contributed by atoms with E-state index in [1.165, 1.54) is 32.1 Å². The molecule has 1 amide bonds. The van der Waals surface area contributed by atoms with E-state index < -0.39 is 0 Å². The minimum atomic E-state index is -0.0225. The average molecular weight is 256 g/mol. The molecule has 1 saturated heterocycles. The van der Waals surface area contributed by atoms with Crippen molar-refractivity contribution in [2.75, 3.05) is 13.1 Å². The van der Waals surface area contributed by atoms with E-state index in [9.17, 15) is 4.79 Å². The van der Waals surface area contributed by atoms with Crippen molar-refractivity contribution in [3.05, 3.63) is 0 Å². The fourth-order valence-electron chi connectivity index (χ4n) is 2.76. The van der Waals surface area contributed by atoms with Gasteiger partial charge in [0.25, 0.3) is 5.91 Å². The fraction of sp³-hybridized carbons (Fsp3) is 0.727. The Kier molecular flexibility index (Phi) is 2.83. The van der Waals surface area contributed by atoms with Gasteiger partial charge in [-0.3, -0.25) is 4.79 Å². The van der Waals surface area contributed by atoms with Gasteiger partial charge < -0.3 is 4.90 Å². The maximum absolute atomic E-state index is 11.5. The summed E-state index contributed by atoms with van der Waals surface area (Å²) in [5, 5.41) is 0. The standard InChI is InChI=1S/C11H14BrNO/c12-7-3-10(14)13-8-6-11(9-13)4-1-2-5-11/h1-2,4-6,8-9H2. The van der Waals surface area contributed by atoms with Crippen molar-refractivity contribution in [2.24, 2.45) is 5.41 Å². The Morgan fingerprint density at radius 1 is 1.29 bits per heavy atom. The predicted octanol–water partition coefficient (Wildman–Crippen LogP) is 2.13. The molecule has 1 saturated carbocycles. The van der Waals surface area contributed by atoms with Crippen molar-refractivity contribution in [1.29, 1.82) is 0 Å². The number of halogens is 1. The zero-order valence-corrected chi connectivity index (χ0v) is 9.77. The third-order valence-corrected chi connectivity index (χ3v) is 3.74. The van der Waals surface area contributed by atoms with E-state index in [0.717, 1.165) is 13.1 Å². The predicted molar refractivity (Wildman–Crippen MR) is 58.8 cm³/mol. The molecule has 14 heavy (non-hydrogen) atoms. The molecule has 0 radical (unpaired) electrons. The third-order valence-electron chi connectivity index (χ3n) is 3.54. The number of carbonyl (C=O) groups is 1. The number of hydrogen-bond acceptors (Lipinski definition) is 1. The van der Waals surface area contributed by atoms with Crippen LogP contribution in [0, 0.1) is 16.2 Å². The van der Waals surface area contributed by atoms with E-state index in [1.54, 1.807) is 0 Å². The molecular formula is C11H14BrNO. The lowest BCUT2D eigenvalue weighted by Gasteiger charge is -2.22. The van der Waals surface area contributed by atoms with Crippen molar-refractivity contribution >= 4 is 21.8 Å². The Labute approximate surface area is 93.2 Å². The second-order valence-electron chi connectivity index (χ2n) is 4.40. The Balaban J connectivity index is 1.99. The minimum Gasteiger partial charge on any atom is -0.331 e. The van der Waals surface area contributed by atoms with E-state index in [-0.39, 0.29) is 5.91 Å². The summed E-state index contributed by atoms with van der Waals surface area (Å²) in [5.41, 5.74) is 0.462. The van der Waals surface area contributed by atoms with Gasteiger partial charge >= 0.3 is 0 Å². The summed E-state index contributed by atoms with van der Waals surface area (Å²) in [6.45, 7) is 1.84. The van der Waals surface area contributed by atoms with Gasteiger partial charge in [-0.1, -0.05) is 12.8 Å². The first-order valence-electron chi connectivity index (χ1n) is 5.16. The molecule has 3 heteroatoms. The molecule has 76 valence electrons. The molecule has 2 nitrogen and oxygen atoms in total. The van der Waals surface area contributed by atoms with Crippen LogP contribution < -0.4 is 0 Å². The van der Waals surface area contributed by atoms with Crippen molar-refractivity contribution in [3.8, 4) is 10.8 Å². The van der Waals surface area contributed by atoms with Gasteiger partial charge in [-0.25, -0.2) is 0 Å². The van der Waals surface area contributed by atoms with Gasteiger partial charge in [-0.2, -0.15) is 0 Å². The highest BCUT2D eigenvalue weighted by atomic mass is 79.9. The molecular weight excluding hydrogens is 242 g/mol. The summed E-state index contributed by atoms with van der Waals surface area (Å²) in [5.74, 6) is 2.52. The summed E-state index contributed by atoms with van der Waals surface area (Å²) in [4.78, 5) is 15.9. The third kappa shape index (κ3) is 1.81. The Hall–Kier alpha value is -0.490. The summed E-state index contributed by atoms with van der Waals surface area (Å²) < 4.78 is 0. The monoisotopic (exact) mass is 255 g/mol. The molecule has 0 N–H and O–H groups in total. The van der Waals surface area contributed by atoms with E-state index in [1.807, 2.05) is 4.90 Å². The number of rotatable bonds is 0. The van der Waals surface area contributed by atoms with Gasteiger partial charge in [0, 0.05) is 34.9 Å². The molecule has 1 aliphatic heterocycles. The zero-order valence-electron chi connectivity index (χ0n) is 8.18. The molecule has 0 aromatic heterocycles. The van der Waals surface area contributed by atoms with Crippen molar-refractivity contribution < 1.29 is 4.79 Å². The number of amides is 1. The summed E-state index contributed by atoms with van der Waals surface area (Å²) >= 11 is 2.96. The van der Waals surface area contributed by atoms with Crippen LogP contribution >= 0.6 is 15.9 Å². The van der Waals surface area contributed by atoms with Crippen LogP contribution in [-0.2, 0) is 4.79 Å². The maximum atomic E-state index is 11.5. The zero-order chi connectivity index (χ0) is 10.0. The topological polar surface area (TPSA) is 20.3 Å². The number of likely N-dealkylation sites (tertiary alicyclic amines) is 1. The first kappa shape index (κ1) is 10.0. The number of nitrogens with zero attached hydrogens (tertiary/aromatic N) is 1. The SMILES string of the molecule is O=C(C#CBr)N1CCC2(CCCC2)C1. The van der Waals surface area contributed by atoms with E-state index in [4.69, 9.17) is 0 Å². The second-order valence-corrected chi connectivity index (χ2v) is 4.80. The Bertz CT molecular complexity index is 296. The molecule has 1 heterocycles. The van der Waals surface area contributed by atoms with Gasteiger partial charge in [0.05, 0.1) is 0 Å². The van der Waals surface area contributed by atoms with Crippen LogP contribution in [0.3, 0.4) is 0 Å². The first-order valence-corrected chi connectivity index (χ1v) is 5.96. The van der Waals surface area contributed by atoms with Gasteiger partial charge in [0.15, 0.2) is 0 Å². The lowest BCUT2D eigenvalue weighted by molar-refractivity contribution is -0.124. The normalized spacial score (nSPS) is 23.6. The quantitative estimate of drug-likeness (QED) is 0.608. The summed E-state index contributed by atoms with van der Waals surface area (Å²) in [6, 6.07) is 0. The molecule has 2 fully saturated rings. The summed E-state index contributed by atoms with van der Waals surface area (Å²) in [7, 11) is 0. The van der Waals surface area contributed by atoms with E-state index in [0.29, 0.717) is 5.41 Å². The molecule has 0 aromatic carbocycles. The molecule has 1 spiro atoms. The van der Waals surface area contributed by atoms with Crippen LogP contribution in [0.25, 0.3) is 0 Å². The van der Waals surface area contributed by atoms with Crippen LogP contribution in [0.4, 0.5) is 0 Å². The highest BCUT2D eigenvalue weighted by Gasteiger charge is 2.41. The Morgan fingerprint density at radius 2 is 2.00 bits per heavy atom. The van der Waals surface area contributed by atoms with Gasteiger partial charge in [0.2, 0.25) is 0 Å². The number of carbonyl (C=O) groups excluding carboxylic acids is 1. The highest BCUT2D eigenvalue weighted by Crippen LogP contribution is 2.45. The summed E-state index contributed by atoms with van der Waals surface area (Å²) in [6.07, 6.45) is 6.47. The van der Waals surface area contributed by atoms with Crippen molar-refractivity contribution in [3.63, 3.8) is 0 Å². The molecule has 0 unspecified atom stereocenters. The largest absolute Gasteiger partial charge is 0.331 e. The maximum Gasteiger partial charge on any atom is 0.299 e. The van der Waals surface area contributed by atoms with Crippen LogP contribution in [0.5, 0.6) is 0 Å². The van der Waals surface area contributed by atoms with Gasteiger partial charge in [-0.05, 0) is 29.5 Å². The van der Waals surface area contributed by atoms with Gasteiger partial charge in [0.1, 0.15) is 0 Å². The number of hydrogen-bond donors (Lipinski definition) is 0. The second kappa shape index (κ2) is 3.94. The van der Waals surface area contributed by atoms with E-state index >= 15 is 0 Å². The van der Waals surface area contributed by atoms with Crippen LogP contribution in [-0.4, -0.2) is 23.9 Å². The smallest absolute Gasteiger partial charge is 0.299 e. The molecule has 1 aliphatic carbocycles. The minimum absolute atomic E-state index is 0.0225. The lowest BCUT2D eigenvalue weighted by atomic mass is 9.86. The van der Waals surface area contributed by atoms with Crippen molar-refractivity contribution in [1.82, 2.24) is 4.90 Å². The lowest BCUT2D eigenvalue weighted by Crippen LogP contribution is -2.30. The van der Waals surface area contributed by atoms with Crippen LogP contribution in [0.1, 0.15) is 32.1 Å². The molecule has 0 bridgehead atoms. The Morgan fingerprint density at radius 3 is 2.64 bits per heavy atom. The fourth-order valence-corrected chi connectivity index (χ4v) is 2.93. The van der Waals surface area contributed by atoms with E-state index in [2.05, 4.69) is 26.7 Å². The van der Waals surface area contributed by atoms with Gasteiger partial charge in [-0.15, -0.1) is 0 Å². The highest BCUT2D eigenvalue weighted by molar-refractivity contribution is 9.12. The van der Waals surface area contributed by atoms with Crippen molar-refractivity contribution in [2.45, 2.75) is 32.1 Å². The molecule has 2 rings (SSSR count). The first-order chi connectivity index (χ1) is 6.76. The molecule has 0 aromatic rings. The molecule has 2 aliphatic rings.